The number of anilines is 1. The van der Waals surface area contributed by atoms with Gasteiger partial charge in [-0.2, -0.15) is 8.42 Å². The van der Waals surface area contributed by atoms with Crippen LogP contribution in [0.25, 0.3) is 0 Å². The van der Waals surface area contributed by atoms with Crippen LogP contribution in [-0.2, 0) is 10.1 Å². The Morgan fingerprint density at radius 3 is 2.56 bits per heavy atom. The van der Waals surface area contributed by atoms with Crippen LogP contribution in [0.5, 0.6) is 5.75 Å². The minimum atomic E-state index is -3.85. The van der Waals surface area contributed by atoms with E-state index < -0.39 is 33.2 Å². The Balaban J connectivity index is 3.04. The molecular weight excluding hydrogens is 240 g/mol. The first kappa shape index (κ1) is 12.7. The van der Waals surface area contributed by atoms with Crippen LogP contribution in [0.4, 0.5) is 14.5 Å². The van der Waals surface area contributed by atoms with Crippen molar-refractivity contribution in [1.29, 1.82) is 0 Å². The van der Waals surface area contributed by atoms with Crippen LogP contribution >= 0.6 is 0 Å². The first-order chi connectivity index (χ1) is 7.37. The van der Waals surface area contributed by atoms with Crippen LogP contribution in [0, 0.1) is 11.6 Å². The van der Waals surface area contributed by atoms with Gasteiger partial charge in [-0.3, -0.25) is 0 Å². The van der Waals surface area contributed by atoms with Gasteiger partial charge in [-0.1, -0.05) is 6.92 Å². The molecule has 1 aromatic carbocycles. The van der Waals surface area contributed by atoms with Gasteiger partial charge in [0.15, 0.2) is 11.6 Å². The SMILES string of the molecule is CCCS(=O)(=O)Oc1ccc(F)c(N)c1F. The van der Waals surface area contributed by atoms with Crippen molar-refractivity contribution in [3.8, 4) is 5.75 Å². The summed E-state index contributed by atoms with van der Waals surface area (Å²) in [7, 11) is -3.85. The van der Waals surface area contributed by atoms with Crippen molar-refractivity contribution in [2.24, 2.45) is 0 Å². The van der Waals surface area contributed by atoms with Crippen LogP contribution in [-0.4, -0.2) is 14.2 Å². The zero-order chi connectivity index (χ0) is 12.3. The molecule has 0 aliphatic carbocycles. The van der Waals surface area contributed by atoms with Gasteiger partial charge in [-0.15, -0.1) is 0 Å². The van der Waals surface area contributed by atoms with E-state index in [1.165, 1.54) is 0 Å². The van der Waals surface area contributed by atoms with Crippen molar-refractivity contribution in [3.63, 3.8) is 0 Å². The maximum Gasteiger partial charge on any atom is 0.309 e. The molecule has 0 bridgehead atoms. The lowest BCUT2D eigenvalue weighted by molar-refractivity contribution is 0.459. The largest absolute Gasteiger partial charge is 0.394 e. The summed E-state index contributed by atoms with van der Waals surface area (Å²) < 4.78 is 53.0. The molecule has 7 heteroatoms. The number of nitrogen functional groups attached to an aromatic ring is 1. The molecule has 0 heterocycles. The first-order valence-corrected chi connectivity index (χ1v) is 6.10. The molecule has 0 fully saturated rings. The Bertz CT molecular complexity index is 488. The second-order valence-corrected chi connectivity index (χ2v) is 4.81. The molecule has 0 spiro atoms. The number of halogens is 2. The number of benzene rings is 1. The molecule has 90 valence electrons. The van der Waals surface area contributed by atoms with E-state index in [0.717, 1.165) is 12.1 Å². The monoisotopic (exact) mass is 251 g/mol. The lowest BCUT2D eigenvalue weighted by Gasteiger charge is -2.08. The highest BCUT2D eigenvalue weighted by Gasteiger charge is 2.18. The lowest BCUT2D eigenvalue weighted by Crippen LogP contribution is -2.14. The number of hydrogen-bond acceptors (Lipinski definition) is 4. The fourth-order valence-corrected chi connectivity index (χ4v) is 2.03. The molecule has 2 N–H and O–H groups in total. The van der Waals surface area contributed by atoms with Crippen molar-refractivity contribution >= 4 is 15.8 Å². The molecule has 1 rings (SSSR count). The average molecular weight is 251 g/mol. The second kappa shape index (κ2) is 4.65. The molecule has 0 aliphatic rings. The summed E-state index contributed by atoms with van der Waals surface area (Å²) in [5.74, 6) is -3.01. The topological polar surface area (TPSA) is 69.4 Å². The van der Waals surface area contributed by atoms with E-state index in [2.05, 4.69) is 4.18 Å². The molecule has 16 heavy (non-hydrogen) atoms. The Hall–Kier alpha value is -1.37. The van der Waals surface area contributed by atoms with Gasteiger partial charge in [0.2, 0.25) is 0 Å². The third-order valence-electron chi connectivity index (χ3n) is 1.76. The summed E-state index contributed by atoms with van der Waals surface area (Å²) >= 11 is 0. The standard InChI is InChI=1S/C9H11F2NO3S/c1-2-5-16(13,14)15-7-4-3-6(10)9(12)8(7)11/h3-4H,2,5,12H2,1H3. The Morgan fingerprint density at radius 1 is 1.38 bits per heavy atom. The van der Waals surface area contributed by atoms with Crippen LogP contribution in [0.1, 0.15) is 13.3 Å². The van der Waals surface area contributed by atoms with Crippen LogP contribution in [0.3, 0.4) is 0 Å². The van der Waals surface area contributed by atoms with Crippen molar-refractivity contribution in [3.05, 3.63) is 23.8 Å². The summed E-state index contributed by atoms with van der Waals surface area (Å²) in [5, 5.41) is 0. The van der Waals surface area contributed by atoms with Crippen molar-refractivity contribution < 1.29 is 21.4 Å². The van der Waals surface area contributed by atoms with Crippen molar-refractivity contribution in [1.82, 2.24) is 0 Å². The molecule has 0 saturated heterocycles. The van der Waals surface area contributed by atoms with E-state index in [9.17, 15) is 17.2 Å². The van der Waals surface area contributed by atoms with Crippen LogP contribution in [0.15, 0.2) is 12.1 Å². The molecule has 0 amide bonds. The summed E-state index contributed by atoms with van der Waals surface area (Å²) in [4.78, 5) is 0. The molecule has 0 radical (unpaired) electrons. The Kier molecular flexibility index (Phi) is 3.69. The molecule has 0 saturated carbocycles. The van der Waals surface area contributed by atoms with Gasteiger partial charge in [0.25, 0.3) is 0 Å². The normalized spacial score (nSPS) is 11.4. The van der Waals surface area contributed by atoms with Gasteiger partial charge >= 0.3 is 10.1 Å². The van der Waals surface area contributed by atoms with Gasteiger partial charge in [0.1, 0.15) is 11.5 Å². The average Bonchev–Trinajstić information content (AvgIpc) is 2.19. The fourth-order valence-electron chi connectivity index (χ4n) is 1.04. The maximum absolute atomic E-state index is 13.3. The van der Waals surface area contributed by atoms with Gasteiger partial charge < -0.3 is 9.92 Å². The first-order valence-electron chi connectivity index (χ1n) is 4.53. The molecule has 0 atom stereocenters. The van der Waals surface area contributed by atoms with E-state index in [4.69, 9.17) is 5.73 Å². The smallest absolute Gasteiger partial charge is 0.309 e. The number of nitrogens with two attached hydrogens (primary N) is 1. The highest BCUT2D eigenvalue weighted by atomic mass is 32.2. The Morgan fingerprint density at radius 2 is 2.00 bits per heavy atom. The van der Waals surface area contributed by atoms with Gasteiger partial charge in [-0.05, 0) is 18.6 Å². The predicted octanol–water partition coefficient (Wildman–Crippen LogP) is 1.67. The number of hydrogen-bond donors (Lipinski definition) is 1. The molecule has 1 aromatic rings. The summed E-state index contributed by atoms with van der Waals surface area (Å²) in [6.45, 7) is 1.64. The molecular formula is C9H11F2NO3S. The highest BCUT2D eigenvalue weighted by Crippen LogP contribution is 2.26. The summed E-state index contributed by atoms with van der Waals surface area (Å²) in [6.07, 6.45) is 0.334. The van der Waals surface area contributed by atoms with Crippen molar-refractivity contribution in [2.45, 2.75) is 13.3 Å². The molecule has 0 unspecified atom stereocenters. The van der Waals surface area contributed by atoms with E-state index in [0.29, 0.717) is 6.42 Å². The third-order valence-corrected chi connectivity index (χ3v) is 3.10. The van der Waals surface area contributed by atoms with E-state index in [1.54, 1.807) is 6.92 Å². The zero-order valence-corrected chi connectivity index (χ0v) is 9.35. The highest BCUT2D eigenvalue weighted by molar-refractivity contribution is 7.87. The van der Waals surface area contributed by atoms with Gasteiger partial charge in [-0.25, -0.2) is 8.78 Å². The summed E-state index contributed by atoms with van der Waals surface area (Å²) in [5.41, 5.74) is 4.29. The van der Waals surface area contributed by atoms with E-state index >= 15 is 0 Å². The lowest BCUT2D eigenvalue weighted by atomic mass is 10.3. The van der Waals surface area contributed by atoms with E-state index in [1.807, 2.05) is 0 Å². The van der Waals surface area contributed by atoms with Crippen molar-refractivity contribution in [2.75, 3.05) is 11.5 Å². The predicted molar refractivity (Wildman–Crippen MR) is 55.5 cm³/mol. The quantitative estimate of drug-likeness (QED) is 0.652. The molecule has 0 aliphatic heterocycles. The third kappa shape index (κ3) is 2.82. The minimum absolute atomic E-state index is 0.246. The second-order valence-electron chi connectivity index (χ2n) is 3.12. The maximum atomic E-state index is 13.3. The zero-order valence-electron chi connectivity index (χ0n) is 8.54. The summed E-state index contributed by atoms with van der Waals surface area (Å²) in [6, 6.07) is 1.73. The molecule has 0 aromatic heterocycles. The van der Waals surface area contributed by atoms with Gasteiger partial charge in [0.05, 0.1) is 5.75 Å². The Labute approximate surface area is 92.1 Å². The minimum Gasteiger partial charge on any atom is -0.394 e. The van der Waals surface area contributed by atoms with Crippen LogP contribution < -0.4 is 9.92 Å². The number of rotatable bonds is 4. The van der Waals surface area contributed by atoms with Gasteiger partial charge in [0, 0.05) is 0 Å². The van der Waals surface area contributed by atoms with E-state index in [-0.39, 0.29) is 5.75 Å². The fraction of sp³-hybridized carbons (Fsp3) is 0.333. The van der Waals surface area contributed by atoms with Crippen LogP contribution in [0.2, 0.25) is 0 Å². The molecule has 4 nitrogen and oxygen atoms in total.